The number of hydrogen-bond acceptors (Lipinski definition) is 4. The Labute approximate surface area is 192 Å². The molecule has 1 unspecified atom stereocenters. The highest BCUT2D eigenvalue weighted by Crippen LogP contribution is 2.13. The maximum atomic E-state index is 5.85. The highest BCUT2D eigenvalue weighted by molar-refractivity contribution is 5.86. The van der Waals surface area contributed by atoms with E-state index in [1.807, 2.05) is 0 Å². The Morgan fingerprint density at radius 1 is 0.821 bits per heavy atom. The first-order chi connectivity index (χ1) is 12.1. The normalized spacial score (nSPS) is 11.4. The largest absolute Gasteiger partial charge is 0.492 e. The van der Waals surface area contributed by atoms with Crippen molar-refractivity contribution >= 4 is 37.2 Å². The topological polar surface area (TPSA) is 27.7 Å². The van der Waals surface area contributed by atoms with Gasteiger partial charge in [0.2, 0.25) is 0 Å². The van der Waals surface area contributed by atoms with E-state index < -0.39 is 0 Å². The molecule has 1 rings (SSSR count). The van der Waals surface area contributed by atoms with Crippen LogP contribution in [-0.4, -0.2) is 68.3 Å². The summed E-state index contributed by atoms with van der Waals surface area (Å²) in [7, 11) is 0. The molecule has 7 heteroatoms. The Bertz CT molecular complexity index is 441. The van der Waals surface area contributed by atoms with E-state index in [0.717, 1.165) is 64.6 Å². The Kier molecular flexibility index (Phi) is 23.2. The third-order valence-corrected chi connectivity index (χ3v) is 4.85. The second kappa shape index (κ2) is 20.1. The fourth-order valence-electron chi connectivity index (χ4n) is 2.99. The maximum Gasteiger partial charge on any atom is 0.119 e. The van der Waals surface area contributed by atoms with Crippen LogP contribution in [0.4, 0.5) is 0 Å². The molecular formula is C21H42Cl3N3O. The van der Waals surface area contributed by atoms with Crippen molar-refractivity contribution in [3.63, 3.8) is 0 Å². The van der Waals surface area contributed by atoms with E-state index in [0.29, 0.717) is 6.04 Å². The van der Waals surface area contributed by atoms with Crippen molar-refractivity contribution in [2.45, 2.75) is 47.1 Å². The van der Waals surface area contributed by atoms with Crippen molar-refractivity contribution in [1.29, 1.82) is 0 Å². The van der Waals surface area contributed by atoms with E-state index in [9.17, 15) is 0 Å². The zero-order valence-electron chi connectivity index (χ0n) is 18.3. The average molecular weight is 459 g/mol. The predicted octanol–water partition coefficient (Wildman–Crippen LogP) is 4.54. The van der Waals surface area contributed by atoms with Crippen molar-refractivity contribution in [3.05, 3.63) is 29.8 Å². The van der Waals surface area contributed by atoms with Crippen LogP contribution in [0.25, 0.3) is 0 Å². The minimum absolute atomic E-state index is 0. The summed E-state index contributed by atoms with van der Waals surface area (Å²) < 4.78 is 5.85. The van der Waals surface area contributed by atoms with Gasteiger partial charge in [0.15, 0.2) is 0 Å². The van der Waals surface area contributed by atoms with Crippen LogP contribution in [0.2, 0.25) is 0 Å². The number of halogens is 3. The van der Waals surface area contributed by atoms with Gasteiger partial charge in [0.25, 0.3) is 0 Å². The van der Waals surface area contributed by atoms with E-state index in [2.05, 4.69) is 74.0 Å². The molecule has 0 aliphatic rings. The number of nitrogens with one attached hydrogen (secondary N) is 1. The van der Waals surface area contributed by atoms with Crippen LogP contribution in [0.1, 0.15) is 40.2 Å². The molecule has 0 aliphatic heterocycles. The summed E-state index contributed by atoms with van der Waals surface area (Å²) in [6.07, 6.45) is 1.05. The molecule has 0 bridgehead atoms. The molecule has 1 N–H and O–H groups in total. The van der Waals surface area contributed by atoms with Gasteiger partial charge in [0.05, 0.1) is 0 Å². The SMILES string of the molecule is CCN(CC)CCNC(C)Cc1ccc(OCCN(CC)CC)cc1.Cl.Cl.Cl. The molecule has 0 aliphatic carbocycles. The molecule has 0 heterocycles. The van der Waals surface area contributed by atoms with Crippen LogP contribution in [0.3, 0.4) is 0 Å². The summed E-state index contributed by atoms with van der Waals surface area (Å²) in [5, 5.41) is 3.63. The van der Waals surface area contributed by atoms with Crippen LogP contribution >= 0.6 is 37.2 Å². The lowest BCUT2D eigenvalue weighted by Gasteiger charge is -2.20. The maximum absolute atomic E-state index is 5.85. The van der Waals surface area contributed by atoms with Crippen molar-refractivity contribution in [2.75, 3.05) is 52.4 Å². The number of likely N-dealkylation sites (N-methyl/N-ethyl adjacent to an activating group) is 2. The van der Waals surface area contributed by atoms with Gasteiger partial charge >= 0.3 is 0 Å². The van der Waals surface area contributed by atoms with Gasteiger partial charge in [-0.25, -0.2) is 0 Å². The van der Waals surface area contributed by atoms with E-state index in [-0.39, 0.29) is 37.2 Å². The highest BCUT2D eigenvalue weighted by Gasteiger charge is 2.05. The molecule has 0 saturated carbocycles. The molecule has 0 spiro atoms. The lowest BCUT2D eigenvalue weighted by Crippen LogP contribution is -2.36. The molecule has 1 atom stereocenters. The summed E-state index contributed by atoms with van der Waals surface area (Å²) in [5.41, 5.74) is 1.36. The molecule has 1 aromatic rings. The Morgan fingerprint density at radius 2 is 1.32 bits per heavy atom. The first-order valence-electron chi connectivity index (χ1n) is 10.0. The smallest absolute Gasteiger partial charge is 0.119 e. The van der Waals surface area contributed by atoms with Gasteiger partial charge in [0, 0.05) is 25.7 Å². The summed E-state index contributed by atoms with van der Waals surface area (Å²) >= 11 is 0. The molecule has 0 radical (unpaired) electrons. The van der Waals surface area contributed by atoms with Gasteiger partial charge in [-0.15, -0.1) is 37.2 Å². The van der Waals surface area contributed by atoms with Gasteiger partial charge in [0.1, 0.15) is 12.4 Å². The third-order valence-electron chi connectivity index (χ3n) is 4.85. The first kappa shape index (κ1) is 32.4. The first-order valence-corrected chi connectivity index (χ1v) is 10.0. The molecule has 4 nitrogen and oxygen atoms in total. The lowest BCUT2D eigenvalue weighted by atomic mass is 10.1. The van der Waals surface area contributed by atoms with E-state index in [1.165, 1.54) is 5.56 Å². The molecule has 0 aromatic heterocycles. The van der Waals surface area contributed by atoms with Crippen LogP contribution in [0, 0.1) is 0 Å². The predicted molar refractivity (Wildman–Crippen MR) is 130 cm³/mol. The quantitative estimate of drug-likeness (QED) is 0.443. The Morgan fingerprint density at radius 3 is 1.82 bits per heavy atom. The van der Waals surface area contributed by atoms with Gasteiger partial charge in [-0.3, -0.25) is 0 Å². The highest BCUT2D eigenvalue weighted by atomic mass is 35.5. The van der Waals surface area contributed by atoms with Crippen LogP contribution in [0.5, 0.6) is 5.75 Å². The number of nitrogens with zero attached hydrogens (tertiary/aromatic N) is 2. The van der Waals surface area contributed by atoms with Gasteiger partial charge in [-0.1, -0.05) is 39.8 Å². The number of benzene rings is 1. The molecule has 0 saturated heterocycles. The summed E-state index contributed by atoms with van der Waals surface area (Å²) in [6.45, 7) is 19.4. The standard InChI is InChI=1S/C21H39N3O.3ClH/c1-6-23(7-2)15-14-22-19(5)18-20-10-12-21(13-11-20)25-17-16-24(8-3)9-4;;;/h10-13,19,22H,6-9,14-18H2,1-5H3;3*1H. The van der Waals surface area contributed by atoms with Gasteiger partial charge in [-0.05, 0) is 57.2 Å². The fraction of sp³-hybridized carbons (Fsp3) is 0.714. The van der Waals surface area contributed by atoms with Crippen molar-refractivity contribution in [3.8, 4) is 5.75 Å². The van der Waals surface area contributed by atoms with Crippen LogP contribution in [-0.2, 0) is 6.42 Å². The fourth-order valence-corrected chi connectivity index (χ4v) is 2.99. The second-order valence-electron chi connectivity index (χ2n) is 6.61. The molecule has 28 heavy (non-hydrogen) atoms. The number of rotatable bonds is 14. The zero-order chi connectivity index (χ0) is 18.5. The van der Waals surface area contributed by atoms with Gasteiger partial charge < -0.3 is 19.9 Å². The van der Waals surface area contributed by atoms with Crippen molar-refractivity contribution in [1.82, 2.24) is 15.1 Å². The molecule has 0 fully saturated rings. The minimum Gasteiger partial charge on any atom is -0.492 e. The van der Waals surface area contributed by atoms with Gasteiger partial charge in [-0.2, -0.15) is 0 Å². The lowest BCUT2D eigenvalue weighted by molar-refractivity contribution is 0.223. The summed E-state index contributed by atoms with van der Waals surface area (Å²) in [4.78, 5) is 4.82. The van der Waals surface area contributed by atoms with E-state index in [1.54, 1.807) is 0 Å². The second-order valence-corrected chi connectivity index (χ2v) is 6.61. The van der Waals surface area contributed by atoms with E-state index in [4.69, 9.17) is 4.74 Å². The number of hydrogen-bond donors (Lipinski definition) is 1. The van der Waals surface area contributed by atoms with Crippen molar-refractivity contribution in [2.24, 2.45) is 0 Å². The van der Waals surface area contributed by atoms with Crippen molar-refractivity contribution < 1.29 is 4.74 Å². The zero-order valence-corrected chi connectivity index (χ0v) is 20.7. The molecule has 0 amide bonds. The summed E-state index contributed by atoms with van der Waals surface area (Å²) in [5.74, 6) is 0.970. The monoisotopic (exact) mass is 457 g/mol. The average Bonchev–Trinajstić information content (AvgIpc) is 2.64. The third kappa shape index (κ3) is 13.9. The van der Waals surface area contributed by atoms with Crippen LogP contribution < -0.4 is 10.1 Å². The Hall–Kier alpha value is -0.230. The summed E-state index contributed by atoms with van der Waals surface area (Å²) in [6, 6.07) is 9.07. The molecular weight excluding hydrogens is 417 g/mol. The molecule has 168 valence electrons. The molecule has 1 aromatic carbocycles. The van der Waals surface area contributed by atoms with E-state index >= 15 is 0 Å². The number of ether oxygens (including phenoxy) is 1. The Balaban J connectivity index is -0.00000208. The minimum atomic E-state index is 0. The van der Waals surface area contributed by atoms with Crippen LogP contribution in [0.15, 0.2) is 24.3 Å².